The van der Waals surface area contributed by atoms with Crippen LogP contribution in [0.3, 0.4) is 0 Å². The molecule has 0 spiro atoms. The molecular formula is C11H14BrNO3S. The van der Waals surface area contributed by atoms with Crippen LogP contribution in [-0.4, -0.2) is 33.3 Å². The molecule has 0 amide bonds. The number of carbonyl (C=O) groups is 1. The Morgan fingerprint density at radius 3 is 2.71 bits per heavy atom. The molecule has 1 rings (SSSR count). The monoisotopic (exact) mass is 319 g/mol. The molecule has 94 valence electrons. The molecule has 2 N–H and O–H groups in total. The smallest absolute Gasteiger partial charge is 0.336 e. The summed E-state index contributed by atoms with van der Waals surface area (Å²) in [5.74, 6) is -0.413. The average molecular weight is 320 g/mol. The first kappa shape index (κ1) is 14.2. The number of anilines is 1. The van der Waals surface area contributed by atoms with Crippen molar-refractivity contribution in [1.82, 2.24) is 0 Å². The fourth-order valence-electron chi connectivity index (χ4n) is 1.46. The maximum atomic E-state index is 11.0. The summed E-state index contributed by atoms with van der Waals surface area (Å²) in [6.45, 7) is 1.93. The second kappa shape index (κ2) is 6.16. The van der Waals surface area contributed by atoms with Crippen LogP contribution < -0.4 is 5.32 Å². The summed E-state index contributed by atoms with van der Waals surface area (Å²) in [5.41, 5.74) is 1.03. The van der Waals surface area contributed by atoms with Crippen LogP contribution in [-0.2, 0) is 10.8 Å². The Balaban J connectivity index is 2.77. The predicted octanol–water partition coefficient (Wildman–Crippen LogP) is 2.33. The van der Waals surface area contributed by atoms with Gasteiger partial charge in [-0.3, -0.25) is 4.21 Å². The van der Waals surface area contributed by atoms with Gasteiger partial charge in [0.05, 0.1) is 5.56 Å². The van der Waals surface area contributed by atoms with E-state index >= 15 is 0 Å². The van der Waals surface area contributed by atoms with Gasteiger partial charge >= 0.3 is 5.97 Å². The van der Waals surface area contributed by atoms with E-state index in [0.29, 0.717) is 10.2 Å². The quantitative estimate of drug-likeness (QED) is 0.874. The molecule has 1 aromatic rings. The van der Waals surface area contributed by atoms with E-state index in [0.717, 1.165) is 5.69 Å². The van der Waals surface area contributed by atoms with Crippen LogP contribution in [0.4, 0.5) is 5.69 Å². The summed E-state index contributed by atoms with van der Waals surface area (Å²) >= 11 is 3.21. The molecule has 0 aliphatic rings. The van der Waals surface area contributed by atoms with Gasteiger partial charge in [0.1, 0.15) is 0 Å². The van der Waals surface area contributed by atoms with Gasteiger partial charge in [-0.05, 0) is 41.1 Å². The molecule has 1 aromatic carbocycles. The average Bonchev–Trinajstić information content (AvgIpc) is 2.15. The van der Waals surface area contributed by atoms with Crippen molar-refractivity contribution in [2.24, 2.45) is 0 Å². The molecule has 2 atom stereocenters. The molecular weight excluding hydrogens is 306 g/mol. The number of carboxylic acid groups (broad SMARTS) is 1. The fourth-order valence-corrected chi connectivity index (χ4v) is 2.79. The first-order valence-electron chi connectivity index (χ1n) is 4.99. The molecule has 4 nitrogen and oxygen atoms in total. The third-order valence-corrected chi connectivity index (χ3v) is 3.72. The third-order valence-electron chi connectivity index (χ3n) is 2.10. The van der Waals surface area contributed by atoms with Gasteiger partial charge in [-0.25, -0.2) is 4.79 Å². The zero-order chi connectivity index (χ0) is 13.0. The molecule has 0 fully saturated rings. The second-order valence-electron chi connectivity index (χ2n) is 3.79. The van der Waals surface area contributed by atoms with Gasteiger partial charge < -0.3 is 10.4 Å². The summed E-state index contributed by atoms with van der Waals surface area (Å²) in [7, 11) is -0.855. The number of nitrogens with one attached hydrogen (secondary N) is 1. The van der Waals surface area contributed by atoms with E-state index in [9.17, 15) is 9.00 Å². The molecule has 0 bridgehead atoms. The Morgan fingerprint density at radius 1 is 1.59 bits per heavy atom. The lowest BCUT2D eigenvalue weighted by Gasteiger charge is -2.14. The maximum Gasteiger partial charge on any atom is 0.336 e. The van der Waals surface area contributed by atoms with E-state index in [1.807, 2.05) is 6.92 Å². The van der Waals surface area contributed by atoms with Crippen molar-refractivity contribution in [3.8, 4) is 0 Å². The van der Waals surface area contributed by atoms with Crippen LogP contribution in [0.15, 0.2) is 22.7 Å². The van der Waals surface area contributed by atoms with E-state index < -0.39 is 16.8 Å². The fraction of sp³-hybridized carbons (Fsp3) is 0.364. The zero-order valence-electron chi connectivity index (χ0n) is 9.57. The Morgan fingerprint density at radius 2 is 2.24 bits per heavy atom. The largest absolute Gasteiger partial charge is 0.478 e. The number of halogens is 1. The summed E-state index contributed by atoms with van der Waals surface area (Å²) in [5, 5.41) is 12.0. The summed E-state index contributed by atoms with van der Waals surface area (Å²) in [6.07, 6.45) is 1.65. The van der Waals surface area contributed by atoms with Gasteiger partial charge in [0.25, 0.3) is 0 Å². The molecule has 0 radical (unpaired) electrons. The molecule has 0 aliphatic heterocycles. The highest BCUT2D eigenvalue weighted by Gasteiger charge is 2.10. The predicted molar refractivity (Wildman–Crippen MR) is 73.1 cm³/mol. The maximum absolute atomic E-state index is 11.0. The second-order valence-corrected chi connectivity index (χ2v) is 6.12. The van der Waals surface area contributed by atoms with E-state index in [1.54, 1.807) is 18.4 Å². The van der Waals surface area contributed by atoms with E-state index in [4.69, 9.17) is 5.11 Å². The van der Waals surface area contributed by atoms with Gasteiger partial charge in [0.15, 0.2) is 0 Å². The van der Waals surface area contributed by atoms with Crippen LogP contribution >= 0.6 is 15.9 Å². The Labute approximate surface area is 111 Å². The lowest BCUT2D eigenvalue weighted by molar-refractivity contribution is 0.0696. The number of aromatic carboxylic acids is 1. The molecule has 0 saturated heterocycles. The first-order valence-corrected chi connectivity index (χ1v) is 7.51. The van der Waals surface area contributed by atoms with Crippen LogP contribution in [0.2, 0.25) is 0 Å². The van der Waals surface area contributed by atoms with Crippen molar-refractivity contribution >= 4 is 38.4 Å². The van der Waals surface area contributed by atoms with E-state index in [1.165, 1.54) is 6.07 Å². The SMILES string of the molecule is CC(CS(C)=O)Nc1ccc(C(=O)O)c(Br)c1. The summed E-state index contributed by atoms with van der Waals surface area (Å²) in [4.78, 5) is 10.8. The van der Waals surface area contributed by atoms with Crippen molar-refractivity contribution in [2.45, 2.75) is 13.0 Å². The number of carboxylic acids is 1. The van der Waals surface area contributed by atoms with Gasteiger partial charge in [-0.1, -0.05) is 0 Å². The summed E-state index contributed by atoms with van der Waals surface area (Å²) < 4.78 is 11.6. The molecule has 0 heterocycles. The molecule has 0 aliphatic carbocycles. The van der Waals surface area contributed by atoms with E-state index in [2.05, 4.69) is 21.2 Å². The van der Waals surface area contributed by atoms with Crippen LogP contribution in [0.25, 0.3) is 0 Å². The molecule has 6 heteroatoms. The third kappa shape index (κ3) is 4.47. The standard InChI is InChI=1S/C11H14BrNO3S/c1-7(6-17(2)16)13-8-3-4-9(11(14)15)10(12)5-8/h3-5,7,13H,6H2,1-2H3,(H,14,15). The van der Waals surface area contributed by atoms with Crippen molar-refractivity contribution in [3.63, 3.8) is 0 Å². The van der Waals surface area contributed by atoms with Crippen molar-refractivity contribution < 1.29 is 14.1 Å². The van der Waals surface area contributed by atoms with Crippen LogP contribution in [0.1, 0.15) is 17.3 Å². The molecule has 0 aromatic heterocycles. The van der Waals surface area contributed by atoms with Gasteiger partial charge in [0, 0.05) is 39.0 Å². The minimum atomic E-state index is -0.967. The first-order chi connectivity index (χ1) is 7.90. The topological polar surface area (TPSA) is 66.4 Å². The molecule has 17 heavy (non-hydrogen) atoms. The van der Waals surface area contributed by atoms with Crippen molar-refractivity contribution in [1.29, 1.82) is 0 Å². The lowest BCUT2D eigenvalue weighted by Crippen LogP contribution is -2.22. The Kier molecular flexibility index (Phi) is 5.14. The highest BCUT2D eigenvalue weighted by molar-refractivity contribution is 9.10. The van der Waals surface area contributed by atoms with Crippen molar-refractivity contribution in [3.05, 3.63) is 28.2 Å². The number of benzene rings is 1. The van der Waals surface area contributed by atoms with Gasteiger partial charge in [-0.15, -0.1) is 0 Å². The van der Waals surface area contributed by atoms with Crippen LogP contribution in [0.5, 0.6) is 0 Å². The van der Waals surface area contributed by atoms with Crippen molar-refractivity contribution in [2.75, 3.05) is 17.3 Å². The lowest BCUT2D eigenvalue weighted by atomic mass is 10.2. The highest BCUT2D eigenvalue weighted by Crippen LogP contribution is 2.22. The number of hydrogen-bond donors (Lipinski definition) is 2. The Bertz CT molecular complexity index is 450. The van der Waals surface area contributed by atoms with Gasteiger partial charge in [-0.2, -0.15) is 0 Å². The normalized spacial score (nSPS) is 14.1. The van der Waals surface area contributed by atoms with E-state index in [-0.39, 0.29) is 11.6 Å². The Hall–Kier alpha value is -0.880. The molecule has 0 saturated carbocycles. The minimum Gasteiger partial charge on any atom is -0.478 e. The number of rotatable bonds is 5. The molecule has 2 unspecified atom stereocenters. The number of hydrogen-bond acceptors (Lipinski definition) is 3. The van der Waals surface area contributed by atoms with Crippen LogP contribution in [0, 0.1) is 0 Å². The minimum absolute atomic E-state index is 0.0726. The van der Waals surface area contributed by atoms with Gasteiger partial charge in [0.2, 0.25) is 0 Å². The summed E-state index contributed by atoms with van der Waals surface area (Å²) in [6, 6.07) is 5.01. The highest BCUT2D eigenvalue weighted by atomic mass is 79.9. The zero-order valence-corrected chi connectivity index (χ0v) is 12.0.